The molecule has 0 radical (unpaired) electrons. The van der Waals surface area contributed by atoms with E-state index in [0.717, 1.165) is 5.69 Å². The maximum atomic E-state index is 3.89. The Labute approximate surface area is 71.5 Å². The second-order valence-corrected chi connectivity index (χ2v) is 2.54. The van der Waals surface area contributed by atoms with Gasteiger partial charge in [-0.05, 0) is 13.8 Å². The summed E-state index contributed by atoms with van der Waals surface area (Å²) in [5, 5.41) is 0. The van der Waals surface area contributed by atoms with Gasteiger partial charge in [0, 0.05) is 18.1 Å². The van der Waals surface area contributed by atoms with Gasteiger partial charge < -0.3 is 4.98 Å². The highest BCUT2D eigenvalue weighted by Crippen LogP contribution is 1.87. The third kappa shape index (κ3) is 3.09. The van der Waals surface area contributed by atoms with Crippen molar-refractivity contribution in [1.29, 1.82) is 0 Å². The maximum absolute atomic E-state index is 3.89. The van der Waals surface area contributed by atoms with Crippen LogP contribution in [0.2, 0.25) is 0 Å². The summed E-state index contributed by atoms with van der Waals surface area (Å²) < 4.78 is 0. The molecule has 1 unspecified atom stereocenters. The Morgan fingerprint density at radius 1 is 1.50 bits per heavy atom. The zero-order chi connectivity index (χ0) is 8.81. The molecule has 0 saturated carbocycles. The normalized spacial score (nSPS) is 19.0. The molecule has 0 bridgehead atoms. The van der Waals surface area contributed by atoms with Crippen molar-refractivity contribution in [2.45, 2.75) is 19.9 Å². The number of H-pyrrole nitrogens is 1. The first-order valence-corrected chi connectivity index (χ1v) is 3.79. The minimum absolute atomic E-state index is 0.324. The van der Waals surface area contributed by atoms with Crippen LogP contribution >= 0.6 is 0 Å². The highest BCUT2D eigenvalue weighted by atomic mass is 14.9. The molecule has 1 aliphatic heterocycles. The summed E-state index contributed by atoms with van der Waals surface area (Å²) in [6.07, 6.45) is 6.82. The number of hydrogen-bond donors (Lipinski definition) is 1. The van der Waals surface area contributed by atoms with Gasteiger partial charge in [0.05, 0.1) is 12.4 Å². The minimum Gasteiger partial charge on any atom is -0.349 e. The third-order valence-corrected chi connectivity index (χ3v) is 1.31. The van der Waals surface area contributed by atoms with Crippen LogP contribution in [-0.4, -0.2) is 28.6 Å². The molecule has 1 aromatic heterocycles. The molecule has 64 valence electrons. The first kappa shape index (κ1) is 8.64. The summed E-state index contributed by atoms with van der Waals surface area (Å²) in [4.78, 5) is 14.3. The number of aryl methyl sites for hydroxylation is 1. The number of rotatable bonds is 0. The summed E-state index contributed by atoms with van der Waals surface area (Å²) in [6, 6.07) is 0.324. The van der Waals surface area contributed by atoms with E-state index in [4.69, 9.17) is 0 Å². The fourth-order valence-electron chi connectivity index (χ4n) is 0.671. The molecule has 0 amide bonds. The van der Waals surface area contributed by atoms with Crippen molar-refractivity contribution in [3.8, 4) is 0 Å². The molecule has 0 fully saturated rings. The quantitative estimate of drug-likeness (QED) is 0.615. The number of nitrogens with zero attached hydrogens (tertiary/aromatic N) is 3. The fraction of sp³-hybridized carbons (Fsp3) is 0.375. The number of nitrogens with one attached hydrogen (secondary N) is 1. The highest BCUT2D eigenvalue weighted by Gasteiger charge is 1.92. The van der Waals surface area contributed by atoms with E-state index in [1.54, 1.807) is 25.1 Å². The van der Waals surface area contributed by atoms with E-state index in [9.17, 15) is 0 Å². The Morgan fingerprint density at radius 2 is 2.33 bits per heavy atom. The Kier molecular flexibility index (Phi) is 3.19. The lowest BCUT2D eigenvalue weighted by atomic mass is 10.4. The van der Waals surface area contributed by atoms with Gasteiger partial charge in [-0.25, -0.2) is 9.98 Å². The molecule has 4 heteroatoms. The Bertz CT molecular complexity index is 249. The first-order chi connectivity index (χ1) is 5.79. The Morgan fingerprint density at radius 3 is 2.50 bits per heavy atom. The second-order valence-electron chi connectivity index (χ2n) is 2.54. The zero-order valence-corrected chi connectivity index (χ0v) is 7.23. The molecule has 0 saturated heterocycles. The second kappa shape index (κ2) is 4.43. The number of aliphatic imine (C=N–C) groups is 2. The zero-order valence-electron chi connectivity index (χ0n) is 7.23. The summed E-state index contributed by atoms with van der Waals surface area (Å²) in [5.74, 6) is 0. The van der Waals surface area contributed by atoms with E-state index < -0.39 is 0 Å². The van der Waals surface area contributed by atoms with Gasteiger partial charge in [-0.1, -0.05) is 0 Å². The van der Waals surface area contributed by atoms with Gasteiger partial charge in [0.25, 0.3) is 0 Å². The van der Waals surface area contributed by atoms with Crippen molar-refractivity contribution in [2.24, 2.45) is 9.98 Å². The number of imidazole rings is 1. The monoisotopic (exact) mass is 164 g/mol. The lowest BCUT2D eigenvalue weighted by Crippen LogP contribution is -1.90. The topological polar surface area (TPSA) is 53.4 Å². The van der Waals surface area contributed by atoms with Crippen molar-refractivity contribution in [1.82, 2.24) is 9.97 Å². The summed E-state index contributed by atoms with van der Waals surface area (Å²) in [5.41, 5.74) is 1.11. The van der Waals surface area contributed by atoms with Gasteiger partial charge in [-0.15, -0.1) is 0 Å². The largest absolute Gasteiger partial charge is 0.349 e. The molecule has 1 N–H and O–H groups in total. The molecule has 12 heavy (non-hydrogen) atoms. The number of aromatic nitrogens is 2. The first-order valence-electron chi connectivity index (χ1n) is 3.79. The van der Waals surface area contributed by atoms with E-state index in [-0.39, 0.29) is 0 Å². The molecule has 1 aromatic rings. The molecule has 0 aromatic carbocycles. The third-order valence-electron chi connectivity index (χ3n) is 1.31. The predicted octanol–water partition coefficient (Wildman–Crippen LogP) is 1.21. The molecule has 1 atom stereocenters. The minimum atomic E-state index is 0.324. The Hall–Kier alpha value is -1.45. The number of aromatic amines is 1. The molecule has 0 spiro atoms. The van der Waals surface area contributed by atoms with Crippen LogP contribution < -0.4 is 0 Å². The van der Waals surface area contributed by atoms with Crippen molar-refractivity contribution in [2.75, 3.05) is 0 Å². The summed E-state index contributed by atoms with van der Waals surface area (Å²) in [7, 11) is 0. The van der Waals surface area contributed by atoms with Crippen LogP contribution in [0.5, 0.6) is 0 Å². The van der Waals surface area contributed by atoms with Crippen LogP contribution in [0, 0.1) is 6.92 Å². The smallest absolute Gasteiger partial charge is 0.110 e. The fourth-order valence-corrected chi connectivity index (χ4v) is 0.671. The van der Waals surface area contributed by atoms with Gasteiger partial charge >= 0.3 is 0 Å². The van der Waals surface area contributed by atoms with Crippen LogP contribution in [0.3, 0.4) is 0 Å². The molecular formula is C8H12N4. The van der Waals surface area contributed by atoms with E-state index in [0.29, 0.717) is 6.04 Å². The summed E-state index contributed by atoms with van der Waals surface area (Å²) >= 11 is 0. The molecule has 1 aliphatic rings. The van der Waals surface area contributed by atoms with Crippen LogP contribution in [0.1, 0.15) is 12.6 Å². The van der Waals surface area contributed by atoms with Gasteiger partial charge in [0.1, 0.15) is 6.34 Å². The van der Waals surface area contributed by atoms with Crippen LogP contribution in [0.25, 0.3) is 0 Å². The van der Waals surface area contributed by atoms with Crippen molar-refractivity contribution >= 4 is 12.6 Å². The standard InChI is InChI=1S/2C4H6N2/c2*1-4-2-5-3-6-4/h2-3H,1H3,(H,5,6);2-4H,1H3. The van der Waals surface area contributed by atoms with Crippen LogP contribution in [-0.2, 0) is 0 Å². The molecular weight excluding hydrogens is 152 g/mol. The van der Waals surface area contributed by atoms with Gasteiger partial charge in [0.2, 0.25) is 0 Å². The van der Waals surface area contributed by atoms with Gasteiger partial charge in [-0.3, -0.25) is 4.99 Å². The summed E-state index contributed by atoms with van der Waals surface area (Å²) in [6.45, 7) is 3.96. The number of hydrogen-bond acceptors (Lipinski definition) is 3. The van der Waals surface area contributed by atoms with E-state index in [1.165, 1.54) is 0 Å². The lowest BCUT2D eigenvalue weighted by molar-refractivity contribution is 1.02. The van der Waals surface area contributed by atoms with E-state index in [2.05, 4.69) is 20.0 Å². The molecule has 0 aliphatic carbocycles. The van der Waals surface area contributed by atoms with Crippen LogP contribution in [0.15, 0.2) is 22.5 Å². The van der Waals surface area contributed by atoms with Crippen molar-refractivity contribution in [3.63, 3.8) is 0 Å². The van der Waals surface area contributed by atoms with Crippen LogP contribution in [0.4, 0.5) is 0 Å². The van der Waals surface area contributed by atoms with Gasteiger partial charge in [0.15, 0.2) is 0 Å². The average molecular weight is 164 g/mol. The van der Waals surface area contributed by atoms with Crippen molar-refractivity contribution < 1.29 is 0 Å². The van der Waals surface area contributed by atoms with Crippen molar-refractivity contribution in [3.05, 3.63) is 18.2 Å². The lowest BCUT2D eigenvalue weighted by Gasteiger charge is -1.81. The molecule has 4 nitrogen and oxygen atoms in total. The average Bonchev–Trinajstić information content (AvgIpc) is 2.63. The Balaban J connectivity index is 0.000000120. The maximum Gasteiger partial charge on any atom is 0.110 e. The highest BCUT2D eigenvalue weighted by molar-refractivity contribution is 5.81. The molecule has 2 heterocycles. The SMILES string of the molecule is CC1C=NC=N1.Cc1cnc[nH]1. The van der Waals surface area contributed by atoms with E-state index in [1.807, 2.05) is 13.8 Å². The van der Waals surface area contributed by atoms with Gasteiger partial charge in [-0.2, -0.15) is 0 Å². The van der Waals surface area contributed by atoms with E-state index >= 15 is 0 Å². The predicted molar refractivity (Wildman–Crippen MR) is 49.8 cm³/mol. The molecule has 2 rings (SSSR count).